The molecule has 0 saturated carbocycles. The van der Waals surface area contributed by atoms with E-state index in [-0.39, 0.29) is 5.41 Å². The Morgan fingerprint density at radius 1 is 0.397 bits per heavy atom. The maximum atomic E-state index is 7.18. The molecule has 0 fully saturated rings. The third-order valence-electron chi connectivity index (χ3n) is 12.5. The van der Waals surface area contributed by atoms with Crippen LogP contribution in [0, 0.1) is 0 Å². The van der Waals surface area contributed by atoms with Gasteiger partial charge in [-0.3, -0.25) is 0 Å². The van der Waals surface area contributed by atoms with Crippen molar-refractivity contribution in [2.75, 3.05) is 4.90 Å². The Balaban J connectivity index is 1.15. The highest BCUT2D eigenvalue weighted by molar-refractivity contribution is 6.29. The fourth-order valence-corrected chi connectivity index (χ4v) is 9.63. The van der Waals surface area contributed by atoms with Gasteiger partial charge in [0.1, 0.15) is 16.7 Å². The van der Waals surface area contributed by atoms with Crippen LogP contribution in [0.15, 0.2) is 197 Å². The molecule has 0 saturated heterocycles. The lowest BCUT2D eigenvalue weighted by Crippen LogP contribution is -2.14. The van der Waals surface area contributed by atoms with Gasteiger partial charge in [-0.25, -0.2) is 0 Å². The zero-order valence-corrected chi connectivity index (χ0v) is 32.2. The molecular formula is C55H37NO2. The van der Waals surface area contributed by atoms with Gasteiger partial charge in [0.25, 0.3) is 0 Å². The van der Waals surface area contributed by atoms with Crippen molar-refractivity contribution >= 4 is 71.7 Å². The van der Waals surface area contributed by atoms with E-state index in [1.807, 2.05) is 6.07 Å². The smallest absolute Gasteiger partial charge is 0.160 e. The first kappa shape index (κ1) is 32.8. The molecular weight excluding hydrogens is 707 g/mol. The summed E-state index contributed by atoms with van der Waals surface area (Å²) < 4.78 is 13.7. The van der Waals surface area contributed by atoms with E-state index in [0.29, 0.717) is 0 Å². The number of furan rings is 2. The lowest BCUT2D eigenvalue weighted by molar-refractivity contribution is 0.660. The van der Waals surface area contributed by atoms with Gasteiger partial charge in [-0.2, -0.15) is 0 Å². The SMILES string of the molecule is CC1(C)c2ccccc2-c2ccc(-c3ccc(N(c4ccc(-c5ccccc5)cc4)c4ccc5ccccc5c4)c4oc5ccc6oc7ccccc7c6c5c34)cc21. The molecule has 2 aromatic heterocycles. The van der Waals surface area contributed by atoms with Crippen molar-refractivity contribution in [2.45, 2.75) is 19.3 Å². The molecule has 274 valence electrons. The second-order valence-electron chi connectivity index (χ2n) is 16.1. The number of hydrogen-bond donors (Lipinski definition) is 0. The molecule has 1 aliphatic carbocycles. The van der Waals surface area contributed by atoms with Gasteiger partial charge in [-0.15, -0.1) is 0 Å². The molecule has 3 heteroatoms. The number of benzene rings is 9. The normalized spacial score (nSPS) is 13.1. The van der Waals surface area contributed by atoms with Crippen molar-refractivity contribution in [1.29, 1.82) is 0 Å². The molecule has 0 amide bonds. The summed E-state index contributed by atoms with van der Waals surface area (Å²) in [4.78, 5) is 2.35. The predicted octanol–water partition coefficient (Wildman–Crippen LogP) is 15.7. The third-order valence-corrected chi connectivity index (χ3v) is 12.5. The van der Waals surface area contributed by atoms with E-state index in [1.165, 1.54) is 44.2 Å². The van der Waals surface area contributed by atoms with Crippen LogP contribution in [0.4, 0.5) is 17.1 Å². The Kier molecular flexibility index (Phi) is 6.98. The van der Waals surface area contributed by atoms with Crippen LogP contribution in [0.25, 0.3) is 88.0 Å². The van der Waals surface area contributed by atoms with Crippen LogP contribution in [0.2, 0.25) is 0 Å². The van der Waals surface area contributed by atoms with Crippen molar-refractivity contribution in [3.63, 3.8) is 0 Å². The van der Waals surface area contributed by atoms with E-state index < -0.39 is 0 Å². The second-order valence-corrected chi connectivity index (χ2v) is 16.1. The zero-order chi connectivity index (χ0) is 38.5. The van der Waals surface area contributed by atoms with Crippen LogP contribution in [-0.4, -0.2) is 0 Å². The highest BCUT2D eigenvalue weighted by Crippen LogP contribution is 2.52. The molecule has 3 nitrogen and oxygen atoms in total. The largest absolute Gasteiger partial charge is 0.456 e. The zero-order valence-electron chi connectivity index (χ0n) is 32.2. The Hall–Kier alpha value is -7.36. The standard InChI is InChI=1S/C55H37NO2/c1-55(2)45-18-10-8-16-42(45)43-27-23-38(33-46(43)55)41-28-29-47(54-52(41)53-50(58-54)31-30-49-51(53)44-17-9-11-19-48(44)57-49)56(40-26-22-35-14-6-7-15-37(35)32-40)39-24-20-36(21-25-39)34-12-4-3-5-13-34/h3-33H,1-2H3. The predicted molar refractivity (Wildman–Crippen MR) is 242 cm³/mol. The Bertz CT molecular complexity index is 3420. The minimum absolute atomic E-state index is 0.133. The van der Waals surface area contributed by atoms with Crippen LogP contribution in [-0.2, 0) is 5.41 Å². The number of fused-ring (bicyclic) bond motifs is 11. The van der Waals surface area contributed by atoms with E-state index in [1.54, 1.807) is 0 Å². The highest BCUT2D eigenvalue weighted by Gasteiger charge is 2.35. The average molecular weight is 744 g/mol. The summed E-state index contributed by atoms with van der Waals surface area (Å²) in [6, 6.07) is 67.6. The molecule has 0 aliphatic heterocycles. The lowest BCUT2D eigenvalue weighted by atomic mass is 9.81. The van der Waals surface area contributed by atoms with Gasteiger partial charge in [0.2, 0.25) is 0 Å². The van der Waals surface area contributed by atoms with Gasteiger partial charge in [0.05, 0.1) is 5.69 Å². The number of para-hydroxylation sites is 1. The Morgan fingerprint density at radius 2 is 1.05 bits per heavy atom. The van der Waals surface area contributed by atoms with Gasteiger partial charge in [-0.05, 0) is 110 Å². The first-order valence-corrected chi connectivity index (χ1v) is 20.0. The van der Waals surface area contributed by atoms with E-state index >= 15 is 0 Å². The number of rotatable bonds is 5. The van der Waals surface area contributed by atoms with Gasteiger partial charge < -0.3 is 13.7 Å². The summed E-state index contributed by atoms with van der Waals surface area (Å²) in [5.41, 5.74) is 16.3. The fourth-order valence-electron chi connectivity index (χ4n) is 9.63. The summed E-state index contributed by atoms with van der Waals surface area (Å²) in [7, 11) is 0. The topological polar surface area (TPSA) is 29.5 Å². The van der Waals surface area contributed by atoms with E-state index in [9.17, 15) is 0 Å². The Labute approximate surface area is 336 Å². The summed E-state index contributed by atoms with van der Waals surface area (Å²) >= 11 is 0. The summed E-state index contributed by atoms with van der Waals surface area (Å²) in [6.07, 6.45) is 0. The number of anilines is 3. The van der Waals surface area contributed by atoms with Gasteiger partial charge in [0.15, 0.2) is 5.58 Å². The molecule has 0 N–H and O–H groups in total. The summed E-state index contributed by atoms with van der Waals surface area (Å²) in [6.45, 7) is 4.69. The first-order chi connectivity index (χ1) is 28.5. The van der Waals surface area contributed by atoms with Crippen molar-refractivity contribution in [3.05, 3.63) is 199 Å². The number of hydrogen-bond acceptors (Lipinski definition) is 3. The van der Waals surface area contributed by atoms with Gasteiger partial charge >= 0.3 is 0 Å². The average Bonchev–Trinajstić information content (AvgIpc) is 3.92. The molecule has 0 radical (unpaired) electrons. The van der Waals surface area contributed by atoms with Crippen LogP contribution in [0.1, 0.15) is 25.0 Å². The molecule has 9 aromatic carbocycles. The molecule has 2 heterocycles. The second kappa shape index (κ2) is 12.3. The molecule has 0 spiro atoms. The van der Waals surface area contributed by atoms with E-state index in [0.717, 1.165) is 72.1 Å². The maximum Gasteiger partial charge on any atom is 0.160 e. The van der Waals surface area contributed by atoms with Crippen molar-refractivity contribution in [3.8, 4) is 33.4 Å². The van der Waals surface area contributed by atoms with Gasteiger partial charge in [0, 0.05) is 38.3 Å². The lowest BCUT2D eigenvalue weighted by Gasteiger charge is -2.27. The molecule has 0 bridgehead atoms. The highest BCUT2D eigenvalue weighted by atomic mass is 16.3. The van der Waals surface area contributed by atoms with Gasteiger partial charge in [-0.1, -0.05) is 147 Å². The fraction of sp³-hybridized carbons (Fsp3) is 0.0545. The quantitative estimate of drug-likeness (QED) is 0.176. The molecule has 11 aromatic rings. The van der Waals surface area contributed by atoms with Crippen molar-refractivity contribution in [2.24, 2.45) is 0 Å². The molecule has 58 heavy (non-hydrogen) atoms. The van der Waals surface area contributed by atoms with Crippen molar-refractivity contribution in [1.82, 2.24) is 0 Å². The van der Waals surface area contributed by atoms with Crippen LogP contribution < -0.4 is 4.90 Å². The van der Waals surface area contributed by atoms with Crippen LogP contribution in [0.5, 0.6) is 0 Å². The molecule has 0 atom stereocenters. The molecule has 0 unspecified atom stereocenters. The van der Waals surface area contributed by atoms with E-state index in [2.05, 4.69) is 201 Å². The summed E-state index contributed by atoms with van der Waals surface area (Å²) in [5.74, 6) is 0. The maximum absolute atomic E-state index is 7.18. The minimum atomic E-state index is -0.133. The van der Waals surface area contributed by atoms with Crippen LogP contribution in [0.3, 0.4) is 0 Å². The molecule has 12 rings (SSSR count). The van der Waals surface area contributed by atoms with E-state index in [4.69, 9.17) is 8.83 Å². The molecule has 1 aliphatic rings. The minimum Gasteiger partial charge on any atom is -0.456 e. The monoisotopic (exact) mass is 743 g/mol. The van der Waals surface area contributed by atoms with Crippen LogP contribution >= 0.6 is 0 Å². The number of nitrogens with zero attached hydrogens (tertiary/aromatic N) is 1. The van der Waals surface area contributed by atoms with Crippen molar-refractivity contribution < 1.29 is 8.83 Å². The Morgan fingerprint density at radius 3 is 1.91 bits per heavy atom. The third kappa shape index (κ3) is 4.80. The summed E-state index contributed by atoms with van der Waals surface area (Å²) in [5, 5.41) is 6.67. The first-order valence-electron chi connectivity index (χ1n) is 20.0.